The molecule has 2 amide bonds. The lowest BCUT2D eigenvalue weighted by Gasteiger charge is -2.06. The van der Waals surface area contributed by atoms with E-state index in [1.54, 1.807) is 41.8 Å². The molecule has 0 radical (unpaired) electrons. The molecule has 3 N–H and O–H groups in total. The second-order valence-electron chi connectivity index (χ2n) is 5.82. The number of nitrogens with zero attached hydrogens (tertiary/aromatic N) is 1. The minimum absolute atomic E-state index is 0.0548. The molecule has 4 rings (SSSR count). The van der Waals surface area contributed by atoms with Crippen molar-refractivity contribution in [2.75, 3.05) is 11.9 Å². The molecule has 1 aromatic carbocycles. The van der Waals surface area contributed by atoms with Crippen molar-refractivity contribution in [3.63, 3.8) is 0 Å². The van der Waals surface area contributed by atoms with E-state index in [4.69, 9.17) is 4.42 Å². The van der Waals surface area contributed by atoms with Crippen molar-refractivity contribution < 1.29 is 14.0 Å². The van der Waals surface area contributed by atoms with Gasteiger partial charge in [-0.05, 0) is 24.3 Å². The van der Waals surface area contributed by atoms with Crippen LogP contribution in [0, 0.1) is 0 Å². The third-order valence-corrected chi connectivity index (χ3v) is 4.72. The number of rotatable bonds is 5. The monoisotopic (exact) mass is 394 g/mol. The molecule has 4 aromatic rings. The summed E-state index contributed by atoms with van der Waals surface area (Å²) in [6.45, 7) is -0.291. The van der Waals surface area contributed by atoms with Gasteiger partial charge in [0.05, 0.1) is 12.8 Å². The van der Waals surface area contributed by atoms with Crippen LogP contribution in [0.25, 0.3) is 22.4 Å². The van der Waals surface area contributed by atoms with Gasteiger partial charge in [-0.1, -0.05) is 12.1 Å². The zero-order valence-electron chi connectivity index (χ0n) is 14.4. The summed E-state index contributed by atoms with van der Waals surface area (Å²) in [6, 6.07) is 10.4. The molecule has 0 spiro atoms. The summed E-state index contributed by atoms with van der Waals surface area (Å²) in [7, 11) is 0. The number of nitrogens with one attached hydrogen (secondary N) is 3. The summed E-state index contributed by atoms with van der Waals surface area (Å²) < 4.78 is 5.25. The number of anilines is 1. The second kappa shape index (κ2) is 7.49. The Kier molecular flexibility index (Phi) is 4.73. The van der Waals surface area contributed by atoms with Crippen LogP contribution in [0.3, 0.4) is 0 Å². The predicted octanol–water partition coefficient (Wildman–Crippen LogP) is 2.61. The molecule has 8 nitrogen and oxygen atoms in total. The van der Waals surface area contributed by atoms with Crippen molar-refractivity contribution in [3.05, 3.63) is 70.0 Å². The van der Waals surface area contributed by atoms with Crippen LogP contribution in [0.5, 0.6) is 0 Å². The Morgan fingerprint density at radius 1 is 1.18 bits per heavy atom. The summed E-state index contributed by atoms with van der Waals surface area (Å²) >= 11 is 1.24. The Morgan fingerprint density at radius 3 is 2.86 bits per heavy atom. The van der Waals surface area contributed by atoms with Crippen LogP contribution >= 0.6 is 11.3 Å². The number of hydrogen-bond acceptors (Lipinski definition) is 6. The van der Waals surface area contributed by atoms with Crippen molar-refractivity contribution in [1.29, 1.82) is 0 Å². The first-order valence-corrected chi connectivity index (χ1v) is 9.17. The highest BCUT2D eigenvalue weighted by molar-refractivity contribution is 7.14. The Bertz CT molecular complexity index is 1210. The van der Waals surface area contributed by atoms with E-state index in [1.807, 2.05) is 0 Å². The van der Waals surface area contributed by atoms with E-state index in [2.05, 4.69) is 20.6 Å². The average Bonchev–Trinajstić information content (AvgIpc) is 3.38. The first kappa shape index (κ1) is 17.7. The van der Waals surface area contributed by atoms with E-state index < -0.39 is 17.2 Å². The standard InChI is InChI=1S/C19H14N4O4S/c24-16(23-19-22-14(10-28-19)15-6-3-7-27-15)9-21-18(26)12-8-20-13-5-2-1-4-11(13)17(12)25/h1-8,10H,9H2,(H,20,25)(H,21,26)(H,22,23,24). The van der Waals surface area contributed by atoms with Gasteiger partial charge < -0.3 is 20.0 Å². The van der Waals surface area contributed by atoms with Crippen LogP contribution in [0.1, 0.15) is 10.4 Å². The molecule has 3 heterocycles. The van der Waals surface area contributed by atoms with Crippen molar-refractivity contribution in [1.82, 2.24) is 15.3 Å². The van der Waals surface area contributed by atoms with E-state index >= 15 is 0 Å². The van der Waals surface area contributed by atoms with Crippen LogP contribution in [-0.2, 0) is 4.79 Å². The smallest absolute Gasteiger partial charge is 0.257 e. The first-order chi connectivity index (χ1) is 13.6. The minimum atomic E-state index is -0.627. The van der Waals surface area contributed by atoms with Crippen LogP contribution in [0.15, 0.2) is 63.4 Å². The van der Waals surface area contributed by atoms with E-state index in [-0.39, 0.29) is 12.1 Å². The SMILES string of the molecule is O=C(CNC(=O)c1c[nH]c2ccccc2c1=O)Nc1nc(-c2ccco2)cs1. The lowest BCUT2D eigenvalue weighted by Crippen LogP contribution is -2.35. The molecular formula is C19H14N4O4S. The molecule has 0 aliphatic rings. The Balaban J connectivity index is 1.39. The number of pyridine rings is 1. The summed E-state index contributed by atoms with van der Waals surface area (Å²) in [5.74, 6) is -0.482. The number of aromatic nitrogens is 2. The van der Waals surface area contributed by atoms with E-state index in [1.165, 1.54) is 23.8 Å². The van der Waals surface area contributed by atoms with Crippen LogP contribution in [-0.4, -0.2) is 28.3 Å². The lowest BCUT2D eigenvalue weighted by molar-refractivity contribution is -0.115. The summed E-state index contributed by atoms with van der Waals surface area (Å²) in [5, 5.41) is 7.59. The molecule has 9 heteroatoms. The number of benzene rings is 1. The number of furan rings is 1. The highest BCUT2D eigenvalue weighted by Gasteiger charge is 2.15. The fourth-order valence-corrected chi connectivity index (χ4v) is 3.34. The number of H-pyrrole nitrogens is 1. The van der Waals surface area contributed by atoms with Gasteiger partial charge in [0.15, 0.2) is 10.9 Å². The zero-order valence-corrected chi connectivity index (χ0v) is 15.2. The van der Waals surface area contributed by atoms with Gasteiger partial charge in [-0.15, -0.1) is 11.3 Å². The van der Waals surface area contributed by atoms with Crippen molar-refractivity contribution >= 4 is 39.2 Å². The number of carbonyl (C=O) groups excluding carboxylic acids is 2. The third kappa shape index (κ3) is 3.55. The van der Waals surface area contributed by atoms with Gasteiger partial charge in [0, 0.05) is 22.5 Å². The number of fused-ring (bicyclic) bond motifs is 1. The molecule has 0 bridgehead atoms. The Labute approximate surface area is 162 Å². The Morgan fingerprint density at radius 2 is 2.04 bits per heavy atom. The van der Waals surface area contributed by atoms with Gasteiger partial charge in [-0.2, -0.15) is 0 Å². The first-order valence-electron chi connectivity index (χ1n) is 8.30. The summed E-state index contributed by atoms with van der Waals surface area (Å²) in [6.07, 6.45) is 2.88. The van der Waals surface area contributed by atoms with Gasteiger partial charge in [0.2, 0.25) is 11.3 Å². The fraction of sp³-hybridized carbons (Fsp3) is 0.0526. The maximum absolute atomic E-state index is 12.4. The van der Waals surface area contributed by atoms with Crippen LogP contribution in [0.4, 0.5) is 5.13 Å². The van der Waals surface area contributed by atoms with E-state index in [9.17, 15) is 14.4 Å². The summed E-state index contributed by atoms with van der Waals surface area (Å²) in [4.78, 5) is 43.9. The average molecular weight is 394 g/mol. The van der Waals surface area contributed by atoms with Crippen LogP contribution in [0.2, 0.25) is 0 Å². The molecule has 0 unspecified atom stereocenters. The molecule has 0 saturated heterocycles. The normalized spacial score (nSPS) is 10.7. The van der Waals surface area contributed by atoms with Crippen molar-refractivity contribution in [2.24, 2.45) is 0 Å². The number of amides is 2. The number of hydrogen-bond donors (Lipinski definition) is 3. The molecule has 0 saturated carbocycles. The molecule has 0 atom stereocenters. The quantitative estimate of drug-likeness (QED) is 0.481. The third-order valence-electron chi connectivity index (χ3n) is 3.97. The van der Waals surface area contributed by atoms with Crippen LogP contribution < -0.4 is 16.1 Å². The van der Waals surface area contributed by atoms with Gasteiger partial charge in [0.1, 0.15) is 11.3 Å². The maximum atomic E-state index is 12.4. The molecule has 28 heavy (non-hydrogen) atoms. The van der Waals surface area contributed by atoms with E-state index in [0.717, 1.165) is 0 Å². The molecular weight excluding hydrogens is 380 g/mol. The number of thiazole rings is 1. The number of para-hydroxylation sites is 1. The predicted molar refractivity (Wildman–Crippen MR) is 105 cm³/mol. The van der Waals surface area contributed by atoms with Gasteiger partial charge in [0.25, 0.3) is 5.91 Å². The van der Waals surface area contributed by atoms with Crippen molar-refractivity contribution in [2.45, 2.75) is 0 Å². The number of carbonyl (C=O) groups is 2. The molecule has 140 valence electrons. The van der Waals surface area contributed by atoms with Crippen molar-refractivity contribution in [3.8, 4) is 11.5 Å². The maximum Gasteiger partial charge on any atom is 0.257 e. The highest BCUT2D eigenvalue weighted by atomic mass is 32.1. The molecule has 3 aromatic heterocycles. The van der Waals surface area contributed by atoms with E-state index in [0.29, 0.717) is 27.5 Å². The van der Waals surface area contributed by atoms with Gasteiger partial charge >= 0.3 is 0 Å². The highest BCUT2D eigenvalue weighted by Crippen LogP contribution is 2.24. The minimum Gasteiger partial charge on any atom is -0.463 e. The zero-order chi connectivity index (χ0) is 19.5. The largest absolute Gasteiger partial charge is 0.463 e. The van der Waals surface area contributed by atoms with Gasteiger partial charge in [-0.3, -0.25) is 14.4 Å². The topological polar surface area (TPSA) is 117 Å². The molecule has 0 fully saturated rings. The number of aromatic amines is 1. The Hall–Kier alpha value is -3.72. The van der Waals surface area contributed by atoms with Gasteiger partial charge in [-0.25, -0.2) is 4.98 Å². The fourth-order valence-electron chi connectivity index (χ4n) is 2.62. The lowest BCUT2D eigenvalue weighted by atomic mass is 10.1. The summed E-state index contributed by atoms with van der Waals surface area (Å²) in [5.41, 5.74) is 0.797. The molecule has 0 aliphatic carbocycles. The second-order valence-corrected chi connectivity index (χ2v) is 6.68. The molecule has 0 aliphatic heterocycles.